The molecular formula is C14H22N4O. The number of nitrogens with zero attached hydrogens (tertiary/aromatic N) is 1. The monoisotopic (exact) mass is 262 g/mol. The summed E-state index contributed by atoms with van der Waals surface area (Å²) in [6.45, 7) is 5.20. The Morgan fingerprint density at radius 2 is 2.05 bits per heavy atom. The van der Waals surface area contributed by atoms with Crippen LogP contribution >= 0.6 is 0 Å². The van der Waals surface area contributed by atoms with Gasteiger partial charge >= 0.3 is 0 Å². The van der Waals surface area contributed by atoms with Gasteiger partial charge in [0.2, 0.25) is 0 Å². The third-order valence-electron chi connectivity index (χ3n) is 3.53. The molecule has 0 saturated carbocycles. The van der Waals surface area contributed by atoms with Gasteiger partial charge in [-0.2, -0.15) is 0 Å². The Morgan fingerprint density at radius 1 is 1.37 bits per heavy atom. The number of piperidine rings is 1. The number of carbonyl (C=O) groups excluding carboxylic acids is 1. The summed E-state index contributed by atoms with van der Waals surface area (Å²) in [7, 11) is 0. The van der Waals surface area contributed by atoms with Crippen LogP contribution < -0.4 is 16.8 Å². The van der Waals surface area contributed by atoms with E-state index in [1.54, 1.807) is 18.2 Å². The van der Waals surface area contributed by atoms with Crippen LogP contribution in [0.2, 0.25) is 0 Å². The van der Waals surface area contributed by atoms with E-state index in [1.807, 2.05) is 0 Å². The Balaban J connectivity index is 2.00. The van der Waals surface area contributed by atoms with Crippen molar-refractivity contribution in [1.82, 2.24) is 10.2 Å². The zero-order valence-electron chi connectivity index (χ0n) is 11.4. The van der Waals surface area contributed by atoms with Crippen LogP contribution in [0, 0.1) is 0 Å². The van der Waals surface area contributed by atoms with E-state index in [-0.39, 0.29) is 11.9 Å². The molecule has 1 aliphatic heterocycles. The number of carbonyl (C=O) groups is 1. The fraction of sp³-hybridized carbons (Fsp3) is 0.500. The van der Waals surface area contributed by atoms with E-state index in [0.29, 0.717) is 16.9 Å². The Kier molecular flexibility index (Phi) is 4.27. The summed E-state index contributed by atoms with van der Waals surface area (Å²) < 4.78 is 0. The number of rotatable bonds is 3. The molecule has 0 radical (unpaired) electrons. The lowest BCUT2D eigenvalue weighted by molar-refractivity contribution is 0.0906. The largest absolute Gasteiger partial charge is 0.399 e. The molecule has 1 saturated heterocycles. The highest BCUT2D eigenvalue weighted by atomic mass is 16.1. The van der Waals surface area contributed by atoms with E-state index in [4.69, 9.17) is 11.5 Å². The van der Waals surface area contributed by atoms with Crippen molar-refractivity contribution in [2.45, 2.75) is 25.8 Å². The first kappa shape index (κ1) is 13.7. The summed E-state index contributed by atoms with van der Waals surface area (Å²) in [5.41, 5.74) is 13.0. The van der Waals surface area contributed by atoms with Crippen molar-refractivity contribution in [1.29, 1.82) is 0 Å². The van der Waals surface area contributed by atoms with Gasteiger partial charge in [0.25, 0.3) is 5.91 Å². The molecule has 5 N–H and O–H groups in total. The van der Waals surface area contributed by atoms with Crippen molar-refractivity contribution in [2.24, 2.45) is 0 Å². The van der Waals surface area contributed by atoms with Gasteiger partial charge in [-0.05, 0) is 44.1 Å². The number of likely N-dealkylation sites (tertiary alicyclic amines) is 1. The average molecular weight is 262 g/mol. The predicted octanol–water partition coefficient (Wildman–Crippen LogP) is 1.07. The first-order chi connectivity index (χ1) is 9.08. The number of nitrogen functional groups attached to an aromatic ring is 2. The lowest BCUT2D eigenvalue weighted by atomic mass is 10.0. The van der Waals surface area contributed by atoms with Crippen LogP contribution in [0.3, 0.4) is 0 Å². The Bertz CT molecular complexity index is 441. The van der Waals surface area contributed by atoms with E-state index in [1.165, 1.54) is 0 Å². The summed E-state index contributed by atoms with van der Waals surface area (Å²) in [6, 6.07) is 5.18. The highest BCUT2D eigenvalue weighted by Crippen LogP contribution is 2.15. The molecule has 1 unspecified atom stereocenters. The molecule has 1 aliphatic rings. The van der Waals surface area contributed by atoms with Crippen molar-refractivity contribution < 1.29 is 4.79 Å². The van der Waals surface area contributed by atoms with Gasteiger partial charge in [0.1, 0.15) is 0 Å². The van der Waals surface area contributed by atoms with Crippen molar-refractivity contribution in [3.8, 4) is 0 Å². The first-order valence-corrected chi connectivity index (χ1v) is 6.77. The summed E-state index contributed by atoms with van der Waals surface area (Å²) in [5.74, 6) is -0.0954. The molecule has 0 aliphatic carbocycles. The van der Waals surface area contributed by atoms with Gasteiger partial charge in [-0.15, -0.1) is 0 Å². The van der Waals surface area contributed by atoms with Crippen molar-refractivity contribution in [3.05, 3.63) is 23.8 Å². The Hall–Kier alpha value is -1.75. The fourth-order valence-electron chi connectivity index (χ4n) is 2.54. The zero-order valence-corrected chi connectivity index (χ0v) is 11.4. The minimum Gasteiger partial charge on any atom is -0.399 e. The highest BCUT2D eigenvalue weighted by Gasteiger charge is 2.20. The molecule has 5 nitrogen and oxygen atoms in total. The van der Waals surface area contributed by atoms with Crippen molar-refractivity contribution in [3.63, 3.8) is 0 Å². The molecule has 1 atom stereocenters. The van der Waals surface area contributed by atoms with Crippen LogP contribution in [-0.4, -0.2) is 36.5 Å². The van der Waals surface area contributed by atoms with Crippen LogP contribution in [0.5, 0.6) is 0 Å². The second-order valence-corrected chi connectivity index (χ2v) is 5.09. The molecule has 1 heterocycles. The van der Waals surface area contributed by atoms with Gasteiger partial charge in [0.15, 0.2) is 0 Å². The molecular weight excluding hydrogens is 240 g/mol. The van der Waals surface area contributed by atoms with Gasteiger partial charge in [-0.1, -0.05) is 6.92 Å². The molecule has 1 fully saturated rings. The maximum Gasteiger partial charge on any atom is 0.251 e. The predicted molar refractivity (Wildman–Crippen MR) is 77.9 cm³/mol. The lowest BCUT2D eigenvalue weighted by Crippen LogP contribution is -2.47. The standard InChI is InChI=1S/C14H22N4O/c1-2-18-5-3-4-13(9-18)17-14(19)10-6-11(15)8-12(16)7-10/h6-8,13H,2-5,9,15-16H2,1H3,(H,17,19). The van der Waals surface area contributed by atoms with Crippen molar-refractivity contribution >= 4 is 17.3 Å². The number of benzene rings is 1. The van der Waals surface area contributed by atoms with Crippen LogP contribution in [-0.2, 0) is 0 Å². The molecule has 19 heavy (non-hydrogen) atoms. The van der Waals surface area contributed by atoms with Crippen molar-refractivity contribution in [2.75, 3.05) is 31.1 Å². The van der Waals surface area contributed by atoms with Crippen LogP contribution in [0.15, 0.2) is 18.2 Å². The zero-order chi connectivity index (χ0) is 13.8. The Labute approximate surface area is 113 Å². The maximum absolute atomic E-state index is 12.2. The van der Waals surface area contributed by atoms with Gasteiger partial charge in [0.05, 0.1) is 0 Å². The van der Waals surface area contributed by atoms with Crippen LogP contribution in [0.4, 0.5) is 11.4 Å². The summed E-state index contributed by atoms with van der Waals surface area (Å²) >= 11 is 0. The molecule has 1 amide bonds. The third-order valence-corrected chi connectivity index (χ3v) is 3.53. The fourth-order valence-corrected chi connectivity index (χ4v) is 2.54. The number of anilines is 2. The smallest absolute Gasteiger partial charge is 0.251 e. The second kappa shape index (κ2) is 5.93. The SMILES string of the molecule is CCN1CCCC(NC(=O)c2cc(N)cc(N)c2)C1. The lowest BCUT2D eigenvalue weighted by Gasteiger charge is -2.32. The first-order valence-electron chi connectivity index (χ1n) is 6.77. The number of likely N-dealkylation sites (N-methyl/N-ethyl adjacent to an activating group) is 1. The van der Waals surface area contributed by atoms with Crippen LogP contribution in [0.25, 0.3) is 0 Å². The van der Waals surface area contributed by atoms with E-state index in [9.17, 15) is 4.79 Å². The molecule has 1 aromatic rings. The summed E-state index contributed by atoms with van der Waals surface area (Å²) in [6.07, 6.45) is 2.15. The highest BCUT2D eigenvalue weighted by molar-refractivity contribution is 5.96. The van der Waals surface area contributed by atoms with Gasteiger partial charge < -0.3 is 21.7 Å². The molecule has 0 aromatic heterocycles. The number of amides is 1. The molecule has 1 aromatic carbocycles. The third kappa shape index (κ3) is 3.61. The minimum absolute atomic E-state index is 0.0954. The number of nitrogens with one attached hydrogen (secondary N) is 1. The van der Waals surface area contributed by atoms with E-state index in [0.717, 1.165) is 32.5 Å². The number of hydrogen-bond donors (Lipinski definition) is 3. The normalized spacial score (nSPS) is 20.2. The molecule has 0 spiro atoms. The summed E-state index contributed by atoms with van der Waals surface area (Å²) in [5, 5.41) is 3.06. The second-order valence-electron chi connectivity index (χ2n) is 5.09. The molecule has 0 bridgehead atoms. The number of hydrogen-bond acceptors (Lipinski definition) is 4. The Morgan fingerprint density at radius 3 is 2.68 bits per heavy atom. The topological polar surface area (TPSA) is 84.4 Å². The van der Waals surface area contributed by atoms with Crippen LogP contribution in [0.1, 0.15) is 30.1 Å². The average Bonchev–Trinajstić information content (AvgIpc) is 2.37. The van der Waals surface area contributed by atoms with E-state index < -0.39 is 0 Å². The van der Waals surface area contributed by atoms with Gasteiger partial charge in [-0.25, -0.2) is 0 Å². The molecule has 104 valence electrons. The number of nitrogens with two attached hydrogens (primary N) is 2. The maximum atomic E-state index is 12.2. The van der Waals surface area contributed by atoms with Gasteiger partial charge in [-0.3, -0.25) is 4.79 Å². The van der Waals surface area contributed by atoms with E-state index >= 15 is 0 Å². The molecule has 2 rings (SSSR count). The minimum atomic E-state index is -0.0954. The van der Waals surface area contributed by atoms with Gasteiger partial charge in [0, 0.05) is 29.5 Å². The summed E-state index contributed by atoms with van der Waals surface area (Å²) in [4.78, 5) is 14.5. The molecule has 5 heteroatoms. The van der Waals surface area contributed by atoms with E-state index in [2.05, 4.69) is 17.1 Å². The quantitative estimate of drug-likeness (QED) is 0.711.